The molecule has 0 unspecified atom stereocenters. The summed E-state index contributed by atoms with van der Waals surface area (Å²) in [6.07, 6.45) is 0. The van der Waals surface area contributed by atoms with E-state index < -0.39 is 0 Å². The number of anilines is 2. The predicted molar refractivity (Wildman–Crippen MR) is 80.9 cm³/mol. The van der Waals surface area contributed by atoms with Gasteiger partial charge in [-0.25, -0.2) is 4.39 Å². The largest absolute Gasteiger partial charge is 0.483 e. The zero-order chi connectivity index (χ0) is 15.4. The highest BCUT2D eigenvalue weighted by molar-refractivity contribution is 5.92. The summed E-state index contributed by atoms with van der Waals surface area (Å²) < 4.78 is 18.3. The van der Waals surface area contributed by atoms with Crippen molar-refractivity contribution in [2.24, 2.45) is 0 Å². The topological polar surface area (TPSA) is 64.3 Å². The number of rotatable bonds is 4. The van der Waals surface area contributed by atoms with Crippen molar-refractivity contribution in [3.05, 3.63) is 53.3 Å². The molecule has 0 heterocycles. The summed E-state index contributed by atoms with van der Waals surface area (Å²) in [4.78, 5) is 11.8. The van der Waals surface area contributed by atoms with Crippen LogP contribution in [0, 0.1) is 19.7 Å². The van der Waals surface area contributed by atoms with Gasteiger partial charge in [-0.1, -0.05) is 6.07 Å². The molecule has 0 saturated heterocycles. The lowest BCUT2D eigenvalue weighted by molar-refractivity contribution is -0.118. The van der Waals surface area contributed by atoms with Gasteiger partial charge in [0.1, 0.15) is 11.6 Å². The smallest absolute Gasteiger partial charge is 0.262 e. The van der Waals surface area contributed by atoms with E-state index in [0.717, 1.165) is 5.56 Å². The van der Waals surface area contributed by atoms with Gasteiger partial charge in [0.2, 0.25) is 0 Å². The lowest BCUT2D eigenvalue weighted by Gasteiger charge is -2.10. The molecular weight excluding hydrogens is 271 g/mol. The SMILES string of the molecule is Cc1ccc(NC(=O)COc2ccc(F)cc2C)cc1N. The second-order valence-corrected chi connectivity index (χ2v) is 4.82. The molecule has 3 N–H and O–H groups in total. The fraction of sp³-hybridized carbons (Fsp3) is 0.188. The van der Waals surface area contributed by atoms with E-state index in [9.17, 15) is 9.18 Å². The maximum Gasteiger partial charge on any atom is 0.262 e. The van der Waals surface area contributed by atoms with Crippen molar-refractivity contribution in [1.29, 1.82) is 0 Å². The molecule has 2 aromatic carbocycles. The summed E-state index contributed by atoms with van der Waals surface area (Å²) in [6.45, 7) is 3.46. The van der Waals surface area contributed by atoms with Gasteiger partial charge in [0.25, 0.3) is 5.91 Å². The predicted octanol–water partition coefficient (Wildman–Crippen LogP) is 3.04. The quantitative estimate of drug-likeness (QED) is 0.850. The molecule has 0 radical (unpaired) electrons. The minimum Gasteiger partial charge on any atom is -0.483 e. The van der Waals surface area contributed by atoms with Crippen molar-refractivity contribution in [1.82, 2.24) is 0 Å². The standard InChI is InChI=1S/C16H17FN2O2/c1-10-3-5-13(8-14(10)18)19-16(20)9-21-15-6-4-12(17)7-11(15)2/h3-8H,9,18H2,1-2H3,(H,19,20). The van der Waals surface area contributed by atoms with E-state index in [-0.39, 0.29) is 18.3 Å². The van der Waals surface area contributed by atoms with Gasteiger partial charge < -0.3 is 15.8 Å². The van der Waals surface area contributed by atoms with E-state index in [4.69, 9.17) is 10.5 Å². The van der Waals surface area contributed by atoms with E-state index in [2.05, 4.69) is 5.32 Å². The first-order valence-corrected chi connectivity index (χ1v) is 6.50. The monoisotopic (exact) mass is 288 g/mol. The van der Waals surface area contributed by atoms with Gasteiger partial charge in [-0.2, -0.15) is 0 Å². The third-order valence-electron chi connectivity index (χ3n) is 3.06. The summed E-state index contributed by atoms with van der Waals surface area (Å²) in [6, 6.07) is 9.44. The number of carbonyl (C=O) groups excluding carboxylic acids is 1. The molecule has 0 atom stereocenters. The van der Waals surface area contributed by atoms with Crippen LogP contribution in [0.5, 0.6) is 5.75 Å². The number of amides is 1. The minimum atomic E-state index is -0.334. The molecule has 0 aromatic heterocycles. The molecule has 0 aliphatic rings. The van der Waals surface area contributed by atoms with Crippen LogP contribution in [0.25, 0.3) is 0 Å². The lowest BCUT2D eigenvalue weighted by Crippen LogP contribution is -2.20. The zero-order valence-electron chi connectivity index (χ0n) is 11.9. The Hall–Kier alpha value is -2.56. The number of hydrogen-bond donors (Lipinski definition) is 2. The number of aryl methyl sites for hydroxylation is 2. The minimum absolute atomic E-state index is 0.153. The number of hydrogen-bond acceptors (Lipinski definition) is 3. The van der Waals surface area contributed by atoms with Crippen LogP contribution in [-0.2, 0) is 4.79 Å². The lowest BCUT2D eigenvalue weighted by atomic mass is 10.2. The van der Waals surface area contributed by atoms with E-state index in [0.29, 0.717) is 22.7 Å². The Balaban J connectivity index is 1.94. The third kappa shape index (κ3) is 3.95. The van der Waals surface area contributed by atoms with Gasteiger partial charge in [0.15, 0.2) is 6.61 Å². The first kappa shape index (κ1) is 14.8. The third-order valence-corrected chi connectivity index (χ3v) is 3.06. The van der Waals surface area contributed by atoms with E-state index in [1.165, 1.54) is 18.2 Å². The maximum atomic E-state index is 13.0. The van der Waals surface area contributed by atoms with Crippen molar-refractivity contribution in [3.8, 4) is 5.75 Å². The highest BCUT2D eigenvalue weighted by Gasteiger charge is 2.07. The Bertz CT molecular complexity index is 671. The molecule has 21 heavy (non-hydrogen) atoms. The van der Waals surface area contributed by atoms with Gasteiger partial charge in [-0.15, -0.1) is 0 Å². The molecule has 0 spiro atoms. The Labute approximate surface area is 122 Å². The van der Waals surface area contributed by atoms with E-state index in [1.54, 1.807) is 19.1 Å². The van der Waals surface area contributed by atoms with Crippen LogP contribution in [0.3, 0.4) is 0 Å². The Kier molecular flexibility index (Phi) is 4.42. The van der Waals surface area contributed by atoms with Gasteiger partial charge in [-0.05, 0) is 55.3 Å². The number of nitrogen functional groups attached to an aromatic ring is 1. The molecule has 2 rings (SSSR count). The van der Waals surface area contributed by atoms with Crippen LogP contribution >= 0.6 is 0 Å². The van der Waals surface area contributed by atoms with Crippen molar-refractivity contribution in [2.75, 3.05) is 17.7 Å². The van der Waals surface area contributed by atoms with Crippen molar-refractivity contribution in [2.45, 2.75) is 13.8 Å². The number of ether oxygens (including phenoxy) is 1. The molecule has 0 fully saturated rings. The fourth-order valence-corrected chi connectivity index (χ4v) is 1.83. The molecule has 0 bridgehead atoms. The molecular formula is C16H17FN2O2. The van der Waals surface area contributed by atoms with Crippen molar-refractivity contribution >= 4 is 17.3 Å². The molecule has 5 heteroatoms. The average Bonchev–Trinajstić information content (AvgIpc) is 2.42. The highest BCUT2D eigenvalue weighted by Crippen LogP contribution is 2.19. The second kappa shape index (κ2) is 6.26. The van der Waals surface area contributed by atoms with E-state index >= 15 is 0 Å². The summed E-state index contributed by atoms with van der Waals surface area (Å²) in [5.74, 6) is -0.156. The summed E-state index contributed by atoms with van der Waals surface area (Å²) in [7, 11) is 0. The van der Waals surface area contributed by atoms with Crippen LogP contribution in [0.4, 0.5) is 15.8 Å². The van der Waals surface area contributed by atoms with Gasteiger partial charge in [0, 0.05) is 11.4 Å². The van der Waals surface area contributed by atoms with Crippen LogP contribution in [0.15, 0.2) is 36.4 Å². The molecule has 0 aliphatic carbocycles. The van der Waals surface area contributed by atoms with Crippen molar-refractivity contribution in [3.63, 3.8) is 0 Å². The molecule has 0 aliphatic heterocycles. The van der Waals surface area contributed by atoms with Crippen LogP contribution in [0.1, 0.15) is 11.1 Å². The summed E-state index contributed by atoms with van der Waals surface area (Å²) in [5, 5.41) is 2.69. The van der Waals surface area contributed by atoms with Crippen molar-refractivity contribution < 1.29 is 13.9 Å². The number of halogens is 1. The van der Waals surface area contributed by atoms with E-state index in [1.807, 2.05) is 13.0 Å². The normalized spacial score (nSPS) is 10.2. The highest BCUT2D eigenvalue weighted by atomic mass is 19.1. The second-order valence-electron chi connectivity index (χ2n) is 4.82. The molecule has 1 amide bonds. The molecule has 4 nitrogen and oxygen atoms in total. The summed E-state index contributed by atoms with van der Waals surface area (Å²) in [5.41, 5.74) is 8.60. The number of nitrogens with one attached hydrogen (secondary N) is 1. The zero-order valence-corrected chi connectivity index (χ0v) is 11.9. The number of benzene rings is 2. The number of carbonyl (C=O) groups is 1. The van der Waals surface area contributed by atoms with Gasteiger partial charge in [0.05, 0.1) is 0 Å². The number of nitrogens with two attached hydrogens (primary N) is 1. The fourth-order valence-electron chi connectivity index (χ4n) is 1.83. The van der Waals surface area contributed by atoms with Crippen LogP contribution < -0.4 is 15.8 Å². The van der Waals surface area contributed by atoms with Gasteiger partial charge >= 0.3 is 0 Å². The first-order valence-electron chi connectivity index (χ1n) is 6.50. The Morgan fingerprint density at radius 1 is 1.19 bits per heavy atom. The Morgan fingerprint density at radius 2 is 1.95 bits per heavy atom. The summed E-state index contributed by atoms with van der Waals surface area (Å²) >= 11 is 0. The molecule has 0 saturated carbocycles. The van der Waals surface area contributed by atoms with Gasteiger partial charge in [-0.3, -0.25) is 4.79 Å². The maximum absolute atomic E-state index is 13.0. The Morgan fingerprint density at radius 3 is 2.62 bits per heavy atom. The van der Waals surface area contributed by atoms with Crippen LogP contribution in [0.2, 0.25) is 0 Å². The molecule has 110 valence electrons. The first-order chi connectivity index (χ1) is 9.95. The van der Waals surface area contributed by atoms with Crippen LogP contribution in [-0.4, -0.2) is 12.5 Å². The molecule has 2 aromatic rings. The average molecular weight is 288 g/mol.